The average molecular weight is 365 g/mol. The molecule has 1 aliphatic rings. The Kier molecular flexibility index (Phi) is 4.63. The van der Waals surface area contributed by atoms with Crippen molar-refractivity contribution in [2.75, 3.05) is 13.1 Å². The number of nitrogens with two attached hydrogens (primary N) is 1. The molecular weight excluding hydrogens is 346 g/mol. The number of hydrogen-bond acceptors (Lipinski definition) is 6. The molecule has 9 heteroatoms. The van der Waals surface area contributed by atoms with Crippen molar-refractivity contribution in [2.45, 2.75) is 24.3 Å². The quantitative estimate of drug-likeness (QED) is 0.803. The number of hydrogen-bond donors (Lipinski definition) is 2. The first-order valence-electron chi connectivity index (χ1n) is 7.76. The van der Waals surface area contributed by atoms with Gasteiger partial charge < -0.3 is 14.5 Å². The first-order valence-corrected chi connectivity index (χ1v) is 9.31. The number of aryl methyl sites for hydroxylation is 1. The number of aliphatic hydroxyl groups is 1. The highest BCUT2D eigenvalue weighted by molar-refractivity contribution is 7.89. The Balaban J connectivity index is 1.69. The highest BCUT2D eigenvalue weighted by Crippen LogP contribution is 2.24. The van der Waals surface area contributed by atoms with Crippen LogP contribution in [0.4, 0.5) is 0 Å². The predicted octanol–water partition coefficient (Wildman–Crippen LogP) is 0.306. The Labute approximate surface area is 145 Å². The van der Waals surface area contributed by atoms with Gasteiger partial charge in [-0.25, -0.2) is 13.6 Å². The molecule has 1 saturated heterocycles. The fourth-order valence-electron chi connectivity index (χ4n) is 2.96. The van der Waals surface area contributed by atoms with Gasteiger partial charge in [0.15, 0.2) is 0 Å². The molecule has 0 unspecified atom stereocenters. The van der Waals surface area contributed by atoms with Crippen LogP contribution in [0.1, 0.15) is 21.8 Å². The minimum Gasteiger partial charge on any atom is -0.391 e. The van der Waals surface area contributed by atoms with Crippen molar-refractivity contribution in [3.05, 3.63) is 47.3 Å². The smallest absolute Gasteiger partial charge is 0.253 e. The second-order valence-corrected chi connectivity index (χ2v) is 7.81. The van der Waals surface area contributed by atoms with E-state index in [0.29, 0.717) is 24.3 Å². The van der Waals surface area contributed by atoms with E-state index in [9.17, 15) is 18.3 Å². The molecule has 1 aromatic carbocycles. The largest absolute Gasteiger partial charge is 0.391 e. The first-order chi connectivity index (χ1) is 11.7. The summed E-state index contributed by atoms with van der Waals surface area (Å²) in [6.45, 7) is 2.42. The lowest BCUT2D eigenvalue weighted by atomic mass is 10.0. The fourth-order valence-corrected chi connectivity index (χ4v) is 3.48. The molecule has 2 aromatic rings. The van der Waals surface area contributed by atoms with Gasteiger partial charge >= 0.3 is 0 Å². The van der Waals surface area contributed by atoms with E-state index < -0.39 is 16.1 Å². The molecule has 1 fully saturated rings. The van der Waals surface area contributed by atoms with E-state index in [2.05, 4.69) is 5.16 Å². The highest BCUT2D eigenvalue weighted by atomic mass is 32.2. The Morgan fingerprint density at radius 3 is 2.60 bits per heavy atom. The van der Waals surface area contributed by atoms with E-state index in [-0.39, 0.29) is 23.3 Å². The van der Waals surface area contributed by atoms with Crippen LogP contribution in [0.25, 0.3) is 0 Å². The standard InChI is InChI=1S/C16H19N3O5S/c1-10-6-13(24-18-10)7-12-8-19(9-15(12)20)16(21)11-2-4-14(5-3-11)25(17,22)23/h2-6,12,15,20H,7-9H2,1H3,(H2,17,22,23)/t12-,15+/m1/s1. The zero-order valence-corrected chi connectivity index (χ0v) is 14.4. The van der Waals surface area contributed by atoms with Gasteiger partial charge in [0.05, 0.1) is 16.7 Å². The van der Waals surface area contributed by atoms with Crippen molar-refractivity contribution in [3.8, 4) is 0 Å². The van der Waals surface area contributed by atoms with Crippen LogP contribution in [0.5, 0.6) is 0 Å². The molecule has 1 amide bonds. The molecule has 0 saturated carbocycles. The summed E-state index contributed by atoms with van der Waals surface area (Å²) in [5.74, 6) is 0.268. The molecule has 0 bridgehead atoms. The van der Waals surface area contributed by atoms with Gasteiger partial charge in [-0.3, -0.25) is 4.79 Å². The summed E-state index contributed by atoms with van der Waals surface area (Å²) in [6.07, 6.45) is -0.158. The summed E-state index contributed by atoms with van der Waals surface area (Å²) in [5.41, 5.74) is 1.11. The van der Waals surface area contributed by atoms with Crippen LogP contribution in [0.15, 0.2) is 39.8 Å². The van der Waals surface area contributed by atoms with Crippen LogP contribution >= 0.6 is 0 Å². The predicted molar refractivity (Wildman–Crippen MR) is 88.2 cm³/mol. The van der Waals surface area contributed by atoms with E-state index in [1.807, 2.05) is 13.0 Å². The molecule has 1 aromatic heterocycles. The van der Waals surface area contributed by atoms with Gasteiger partial charge in [0.1, 0.15) is 5.76 Å². The maximum atomic E-state index is 12.6. The third-order valence-corrected chi connectivity index (χ3v) is 5.19. The molecule has 0 radical (unpaired) electrons. The zero-order valence-electron chi connectivity index (χ0n) is 13.6. The van der Waals surface area contributed by atoms with Crippen molar-refractivity contribution in [2.24, 2.45) is 11.1 Å². The normalized spacial score (nSPS) is 20.8. The number of amides is 1. The van der Waals surface area contributed by atoms with E-state index in [0.717, 1.165) is 5.69 Å². The average Bonchev–Trinajstić information content (AvgIpc) is 3.12. The van der Waals surface area contributed by atoms with Crippen LogP contribution in [-0.2, 0) is 16.4 Å². The van der Waals surface area contributed by atoms with E-state index >= 15 is 0 Å². The topological polar surface area (TPSA) is 127 Å². The van der Waals surface area contributed by atoms with Crippen LogP contribution < -0.4 is 5.14 Å². The third-order valence-electron chi connectivity index (χ3n) is 4.26. The SMILES string of the molecule is Cc1cc(C[C@@H]2CN(C(=O)c3ccc(S(N)(=O)=O)cc3)C[C@@H]2O)on1. The second-order valence-electron chi connectivity index (χ2n) is 6.25. The zero-order chi connectivity index (χ0) is 18.2. The minimum absolute atomic E-state index is 0.0518. The van der Waals surface area contributed by atoms with Gasteiger partial charge in [0, 0.05) is 37.1 Å². The molecular formula is C16H19N3O5S. The number of primary sulfonamides is 1. The number of carbonyl (C=O) groups excluding carboxylic acids is 1. The molecule has 0 spiro atoms. The Morgan fingerprint density at radius 2 is 2.04 bits per heavy atom. The number of likely N-dealkylation sites (tertiary alicyclic amines) is 1. The number of aliphatic hydroxyl groups excluding tert-OH is 1. The summed E-state index contributed by atoms with van der Waals surface area (Å²) >= 11 is 0. The van der Waals surface area contributed by atoms with Gasteiger partial charge in [0.25, 0.3) is 5.91 Å². The van der Waals surface area contributed by atoms with Crippen LogP contribution in [0.2, 0.25) is 0 Å². The lowest BCUT2D eigenvalue weighted by Crippen LogP contribution is -2.29. The third kappa shape index (κ3) is 3.89. The van der Waals surface area contributed by atoms with Crippen LogP contribution in [0, 0.1) is 12.8 Å². The fraction of sp³-hybridized carbons (Fsp3) is 0.375. The minimum atomic E-state index is -3.80. The molecule has 2 atom stereocenters. The van der Waals surface area contributed by atoms with Crippen molar-refractivity contribution < 1.29 is 22.8 Å². The van der Waals surface area contributed by atoms with Gasteiger partial charge in [-0.15, -0.1) is 0 Å². The van der Waals surface area contributed by atoms with Crippen LogP contribution in [-0.4, -0.2) is 48.7 Å². The molecule has 25 heavy (non-hydrogen) atoms. The van der Waals surface area contributed by atoms with Gasteiger partial charge in [-0.05, 0) is 31.2 Å². The Hall–Kier alpha value is -2.23. The van der Waals surface area contributed by atoms with E-state index in [1.54, 1.807) is 4.90 Å². The van der Waals surface area contributed by atoms with Crippen molar-refractivity contribution in [1.82, 2.24) is 10.1 Å². The van der Waals surface area contributed by atoms with Crippen LogP contribution in [0.3, 0.4) is 0 Å². The number of carbonyl (C=O) groups is 1. The van der Waals surface area contributed by atoms with Gasteiger partial charge in [0.2, 0.25) is 10.0 Å². The lowest BCUT2D eigenvalue weighted by molar-refractivity contribution is 0.0764. The number of aromatic nitrogens is 1. The number of nitrogens with zero attached hydrogens (tertiary/aromatic N) is 2. The number of β-amino-alcohol motifs (C(OH)–C–C–N with tert-alkyl or cyclic N) is 1. The number of benzene rings is 1. The maximum Gasteiger partial charge on any atom is 0.253 e. The lowest BCUT2D eigenvalue weighted by Gasteiger charge is -2.16. The summed E-state index contributed by atoms with van der Waals surface area (Å²) in [6, 6.07) is 7.24. The van der Waals surface area contributed by atoms with E-state index in [1.165, 1.54) is 24.3 Å². The molecule has 2 heterocycles. The molecule has 8 nitrogen and oxygen atoms in total. The summed E-state index contributed by atoms with van der Waals surface area (Å²) in [4.78, 5) is 14.0. The van der Waals surface area contributed by atoms with Crippen molar-refractivity contribution in [3.63, 3.8) is 0 Å². The summed E-state index contributed by atoms with van der Waals surface area (Å²) in [7, 11) is -3.80. The highest BCUT2D eigenvalue weighted by Gasteiger charge is 2.35. The Bertz CT molecular complexity index is 875. The van der Waals surface area contributed by atoms with E-state index in [4.69, 9.17) is 9.66 Å². The molecule has 0 aliphatic carbocycles. The first kappa shape index (κ1) is 17.6. The molecule has 3 rings (SSSR count). The van der Waals surface area contributed by atoms with Crippen molar-refractivity contribution >= 4 is 15.9 Å². The monoisotopic (exact) mass is 365 g/mol. The second kappa shape index (κ2) is 6.58. The molecule has 1 aliphatic heterocycles. The summed E-state index contributed by atoms with van der Waals surface area (Å²) < 4.78 is 27.7. The van der Waals surface area contributed by atoms with Crippen molar-refractivity contribution in [1.29, 1.82) is 0 Å². The Morgan fingerprint density at radius 1 is 1.36 bits per heavy atom. The molecule has 3 N–H and O–H groups in total. The maximum absolute atomic E-state index is 12.6. The summed E-state index contributed by atoms with van der Waals surface area (Å²) in [5, 5.41) is 19.1. The number of sulfonamides is 1. The number of rotatable bonds is 4. The molecule has 134 valence electrons. The van der Waals surface area contributed by atoms with Gasteiger partial charge in [-0.2, -0.15) is 0 Å². The van der Waals surface area contributed by atoms with Gasteiger partial charge in [-0.1, -0.05) is 5.16 Å².